The van der Waals surface area contributed by atoms with Crippen LogP contribution < -0.4 is 0 Å². The lowest BCUT2D eigenvalue weighted by Gasteiger charge is -2.20. The van der Waals surface area contributed by atoms with Gasteiger partial charge in [-0.05, 0) is 26.8 Å². The minimum atomic E-state index is -0.657. The van der Waals surface area contributed by atoms with E-state index in [2.05, 4.69) is 11.0 Å². The Hall–Kier alpha value is -0.830. The van der Waals surface area contributed by atoms with E-state index in [9.17, 15) is 4.79 Å². The first-order valence-corrected chi connectivity index (χ1v) is 4.74. The summed E-state index contributed by atoms with van der Waals surface area (Å²) in [6.45, 7) is 5.76. The number of likely N-dealkylation sites (tertiary alicyclic amines) is 1. The van der Waals surface area contributed by atoms with E-state index in [1.54, 1.807) is 0 Å². The Bertz CT molecular complexity index is 213. The lowest BCUT2D eigenvalue weighted by Crippen LogP contribution is -2.32. The predicted molar refractivity (Wildman–Crippen MR) is 51.6 cm³/mol. The third kappa shape index (κ3) is 2.31. The van der Waals surface area contributed by atoms with Crippen LogP contribution in [0.15, 0.2) is 12.2 Å². The molecule has 1 fully saturated rings. The summed E-state index contributed by atoms with van der Waals surface area (Å²) in [6.07, 6.45) is 4.86. The SMILES string of the molecule is CC=CCN1CCC(C(=O)O)C1C. The highest BCUT2D eigenvalue weighted by Crippen LogP contribution is 2.23. The van der Waals surface area contributed by atoms with Crippen LogP contribution in [0.3, 0.4) is 0 Å². The first-order chi connectivity index (χ1) is 6.16. The molecule has 1 saturated heterocycles. The summed E-state index contributed by atoms with van der Waals surface area (Å²) in [6, 6.07) is 0.175. The molecular weight excluding hydrogens is 166 g/mol. The van der Waals surface area contributed by atoms with Gasteiger partial charge in [-0.1, -0.05) is 12.2 Å². The fraction of sp³-hybridized carbons (Fsp3) is 0.700. The highest BCUT2D eigenvalue weighted by Gasteiger charge is 2.34. The molecule has 0 aromatic heterocycles. The Kier molecular flexibility index (Phi) is 3.48. The van der Waals surface area contributed by atoms with Crippen LogP contribution in [0.4, 0.5) is 0 Å². The van der Waals surface area contributed by atoms with Crippen LogP contribution in [0, 0.1) is 5.92 Å². The molecule has 0 aromatic carbocycles. The average Bonchev–Trinajstić information content (AvgIpc) is 2.43. The van der Waals surface area contributed by atoms with Gasteiger partial charge in [-0.2, -0.15) is 0 Å². The summed E-state index contributed by atoms with van der Waals surface area (Å²) >= 11 is 0. The minimum absolute atomic E-state index is 0.175. The van der Waals surface area contributed by atoms with E-state index in [0.717, 1.165) is 19.5 Å². The van der Waals surface area contributed by atoms with Gasteiger partial charge in [-0.3, -0.25) is 9.69 Å². The van der Waals surface area contributed by atoms with Crippen LogP contribution in [-0.2, 0) is 4.79 Å². The number of rotatable bonds is 3. The Balaban J connectivity index is 2.49. The second-order valence-electron chi connectivity index (χ2n) is 3.54. The summed E-state index contributed by atoms with van der Waals surface area (Å²) in [7, 11) is 0. The van der Waals surface area contributed by atoms with Crippen LogP contribution in [0.1, 0.15) is 20.3 Å². The van der Waals surface area contributed by atoms with Gasteiger partial charge in [-0.25, -0.2) is 0 Å². The minimum Gasteiger partial charge on any atom is -0.481 e. The van der Waals surface area contributed by atoms with Crippen molar-refractivity contribution in [2.45, 2.75) is 26.3 Å². The normalized spacial score (nSPS) is 30.0. The van der Waals surface area contributed by atoms with E-state index in [4.69, 9.17) is 5.11 Å². The van der Waals surface area contributed by atoms with Gasteiger partial charge >= 0.3 is 5.97 Å². The number of hydrogen-bond acceptors (Lipinski definition) is 2. The highest BCUT2D eigenvalue weighted by atomic mass is 16.4. The number of carboxylic acid groups (broad SMARTS) is 1. The van der Waals surface area contributed by atoms with E-state index in [1.807, 2.05) is 19.9 Å². The number of hydrogen-bond donors (Lipinski definition) is 1. The van der Waals surface area contributed by atoms with Gasteiger partial charge in [0.05, 0.1) is 5.92 Å². The fourth-order valence-electron chi connectivity index (χ4n) is 1.83. The fourth-order valence-corrected chi connectivity index (χ4v) is 1.83. The maximum Gasteiger partial charge on any atom is 0.308 e. The molecule has 1 N–H and O–H groups in total. The second-order valence-corrected chi connectivity index (χ2v) is 3.54. The molecule has 1 aliphatic rings. The molecule has 0 aliphatic carbocycles. The Morgan fingerprint density at radius 3 is 2.85 bits per heavy atom. The summed E-state index contributed by atoms with van der Waals surface area (Å²) in [5.74, 6) is -0.833. The molecule has 3 heteroatoms. The molecule has 3 nitrogen and oxygen atoms in total. The van der Waals surface area contributed by atoms with Gasteiger partial charge in [0.1, 0.15) is 0 Å². The molecule has 0 bridgehead atoms. The Morgan fingerprint density at radius 1 is 1.69 bits per heavy atom. The van der Waals surface area contributed by atoms with Crippen LogP contribution in [0.5, 0.6) is 0 Å². The third-order valence-corrected chi connectivity index (χ3v) is 2.78. The molecule has 2 atom stereocenters. The predicted octanol–water partition coefficient (Wildman–Crippen LogP) is 1.36. The molecule has 0 amide bonds. The summed E-state index contributed by atoms with van der Waals surface area (Å²) < 4.78 is 0. The molecule has 2 unspecified atom stereocenters. The number of carbonyl (C=O) groups is 1. The maximum absolute atomic E-state index is 10.8. The van der Waals surface area contributed by atoms with Gasteiger partial charge < -0.3 is 5.11 Å². The van der Waals surface area contributed by atoms with E-state index in [0.29, 0.717) is 0 Å². The lowest BCUT2D eigenvalue weighted by atomic mass is 10.0. The number of allylic oxidation sites excluding steroid dienone is 1. The monoisotopic (exact) mass is 183 g/mol. The summed E-state index contributed by atoms with van der Waals surface area (Å²) in [5.41, 5.74) is 0. The number of aliphatic carboxylic acids is 1. The maximum atomic E-state index is 10.8. The molecule has 74 valence electrons. The highest BCUT2D eigenvalue weighted by molar-refractivity contribution is 5.71. The van der Waals surface area contributed by atoms with Crippen LogP contribution in [-0.4, -0.2) is 35.1 Å². The smallest absolute Gasteiger partial charge is 0.308 e. The van der Waals surface area contributed by atoms with Crippen LogP contribution >= 0.6 is 0 Å². The Morgan fingerprint density at radius 2 is 2.38 bits per heavy atom. The quantitative estimate of drug-likeness (QED) is 0.671. The van der Waals surface area contributed by atoms with Gasteiger partial charge in [0.15, 0.2) is 0 Å². The van der Waals surface area contributed by atoms with Crippen molar-refractivity contribution in [2.24, 2.45) is 5.92 Å². The van der Waals surface area contributed by atoms with Crippen molar-refractivity contribution in [1.29, 1.82) is 0 Å². The zero-order valence-corrected chi connectivity index (χ0v) is 8.23. The van der Waals surface area contributed by atoms with Crippen LogP contribution in [0.25, 0.3) is 0 Å². The standard InChI is InChI=1S/C10H17NO2/c1-3-4-6-11-7-5-9(8(11)2)10(12)13/h3-4,8-9H,5-7H2,1-2H3,(H,12,13). The zero-order chi connectivity index (χ0) is 9.84. The van der Waals surface area contributed by atoms with Crippen LogP contribution in [0.2, 0.25) is 0 Å². The molecule has 1 aliphatic heterocycles. The van der Waals surface area contributed by atoms with Crippen molar-refractivity contribution in [3.8, 4) is 0 Å². The van der Waals surface area contributed by atoms with Gasteiger partial charge in [0.2, 0.25) is 0 Å². The molecule has 1 rings (SSSR count). The molecule has 0 radical (unpaired) electrons. The molecule has 13 heavy (non-hydrogen) atoms. The van der Waals surface area contributed by atoms with Gasteiger partial charge in [-0.15, -0.1) is 0 Å². The number of nitrogens with zero attached hydrogens (tertiary/aromatic N) is 1. The van der Waals surface area contributed by atoms with Crippen molar-refractivity contribution in [1.82, 2.24) is 4.90 Å². The molecular formula is C10H17NO2. The van der Waals surface area contributed by atoms with Gasteiger partial charge in [0.25, 0.3) is 0 Å². The van der Waals surface area contributed by atoms with Crippen molar-refractivity contribution in [3.05, 3.63) is 12.2 Å². The third-order valence-electron chi connectivity index (χ3n) is 2.78. The van der Waals surface area contributed by atoms with E-state index < -0.39 is 5.97 Å². The molecule has 1 heterocycles. The molecule has 0 spiro atoms. The second kappa shape index (κ2) is 4.42. The van der Waals surface area contributed by atoms with Gasteiger partial charge in [0, 0.05) is 12.6 Å². The summed E-state index contributed by atoms with van der Waals surface area (Å²) in [4.78, 5) is 13.0. The summed E-state index contributed by atoms with van der Waals surface area (Å²) in [5, 5.41) is 8.88. The largest absolute Gasteiger partial charge is 0.481 e. The zero-order valence-electron chi connectivity index (χ0n) is 8.23. The molecule has 0 saturated carbocycles. The first kappa shape index (κ1) is 10.3. The Labute approximate surface area is 79.0 Å². The lowest BCUT2D eigenvalue weighted by molar-refractivity contribution is -0.142. The average molecular weight is 183 g/mol. The van der Waals surface area contributed by atoms with Crippen molar-refractivity contribution >= 4 is 5.97 Å². The van der Waals surface area contributed by atoms with Crippen molar-refractivity contribution in [3.63, 3.8) is 0 Å². The van der Waals surface area contributed by atoms with E-state index in [1.165, 1.54) is 0 Å². The molecule has 0 aromatic rings. The first-order valence-electron chi connectivity index (χ1n) is 4.74. The number of carboxylic acids is 1. The van der Waals surface area contributed by atoms with Crippen molar-refractivity contribution < 1.29 is 9.90 Å². The van der Waals surface area contributed by atoms with Crippen molar-refractivity contribution in [2.75, 3.05) is 13.1 Å². The van der Waals surface area contributed by atoms with E-state index >= 15 is 0 Å². The van der Waals surface area contributed by atoms with E-state index in [-0.39, 0.29) is 12.0 Å². The topological polar surface area (TPSA) is 40.5 Å².